The van der Waals surface area contributed by atoms with E-state index < -0.39 is 10.0 Å². The van der Waals surface area contributed by atoms with E-state index in [0.717, 1.165) is 40.8 Å². The fourth-order valence-corrected chi connectivity index (χ4v) is 6.07. The van der Waals surface area contributed by atoms with Gasteiger partial charge in [-0.25, -0.2) is 8.42 Å². The van der Waals surface area contributed by atoms with Crippen LogP contribution in [-0.4, -0.2) is 73.4 Å². The number of carbonyl (C=O) groups excluding carboxylic acids is 1. The third-order valence-electron chi connectivity index (χ3n) is 6.71. The number of pyridine rings is 1. The SMILES string of the molecule is CS(=O)(=O)N1CCN(C2c3ccc(Cl)cc3C=C(CCCNC(=O)CCCCl)c3cccnc32)CC1. The summed E-state index contributed by atoms with van der Waals surface area (Å²) in [5.41, 5.74) is 5.33. The third-order valence-corrected chi connectivity index (χ3v) is 8.51. The topological polar surface area (TPSA) is 82.6 Å². The number of aromatic nitrogens is 1. The Morgan fingerprint density at radius 3 is 2.67 bits per heavy atom. The number of benzene rings is 1. The summed E-state index contributed by atoms with van der Waals surface area (Å²) in [6, 6.07) is 9.87. The number of fused-ring (bicyclic) bond motifs is 2. The van der Waals surface area contributed by atoms with Crippen molar-refractivity contribution in [2.45, 2.75) is 31.7 Å². The molecule has 194 valence electrons. The molecule has 1 amide bonds. The van der Waals surface area contributed by atoms with Crippen LogP contribution in [0.5, 0.6) is 0 Å². The molecule has 1 N–H and O–H groups in total. The minimum atomic E-state index is -3.22. The Balaban J connectivity index is 1.61. The van der Waals surface area contributed by atoms with E-state index in [4.69, 9.17) is 28.2 Å². The predicted octanol–water partition coefficient (Wildman–Crippen LogP) is 4.17. The van der Waals surface area contributed by atoms with Gasteiger partial charge in [0.2, 0.25) is 15.9 Å². The van der Waals surface area contributed by atoms with E-state index in [1.165, 1.54) is 10.6 Å². The summed E-state index contributed by atoms with van der Waals surface area (Å²) >= 11 is 12.1. The molecule has 4 rings (SSSR count). The molecule has 0 saturated carbocycles. The van der Waals surface area contributed by atoms with Crippen LogP contribution in [-0.2, 0) is 14.8 Å². The van der Waals surface area contributed by atoms with E-state index in [-0.39, 0.29) is 11.9 Å². The fraction of sp³-hybridized carbons (Fsp3) is 0.462. The van der Waals surface area contributed by atoms with Crippen LogP contribution in [0, 0.1) is 0 Å². The van der Waals surface area contributed by atoms with E-state index in [1.807, 2.05) is 24.4 Å². The van der Waals surface area contributed by atoms with Crippen molar-refractivity contribution in [1.82, 2.24) is 19.5 Å². The minimum absolute atomic E-state index is 0.0259. The van der Waals surface area contributed by atoms with Crippen molar-refractivity contribution in [2.75, 3.05) is 44.9 Å². The fourth-order valence-electron chi connectivity index (χ4n) is 4.93. The lowest BCUT2D eigenvalue weighted by molar-refractivity contribution is -0.121. The Kier molecular flexibility index (Phi) is 9.06. The molecule has 1 atom stereocenters. The lowest BCUT2D eigenvalue weighted by Gasteiger charge is -2.39. The second kappa shape index (κ2) is 12.0. The number of carbonyl (C=O) groups is 1. The number of halogens is 2. The van der Waals surface area contributed by atoms with Gasteiger partial charge < -0.3 is 5.32 Å². The Morgan fingerprint density at radius 2 is 1.94 bits per heavy atom. The van der Waals surface area contributed by atoms with Crippen LogP contribution in [0.15, 0.2) is 36.5 Å². The van der Waals surface area contributed by atoms with E-state index >= 15 is 0 Å². The van der Waals surface area contributed by atoms with Crippen LogP contribution in [0.1, 0.15) is 54.1 Å². The number of amides is 1. The average molecular weight is 552 g/mol. The number of alkyl halides is 1. The van der Waals surface area contributed by atoms with Gasteiger partial charge in [0, 0.05) is 61.8 Å². The van der Waals surface area contributed by atoms with Gasteiger partial charge in [-0.3, -0.25) is 14.7 Å². The van der Waals surface area contributed by atoms with Gasteiger partial charge >= 0.3 is 0 Å². The van der Waals surface area contributed by atoms with E-state index in [2.05, 4.69) is 28.4 Å². The molecule has 1 aliphatic heterocycles. The van der Waals surface area contributed by atoms with Crippen molar-refractivity contribution < 1.29 is 13.2 Å². The Bertz CT molecular complexity index is 1230. The first kappa shape index (κ1) is 27.1. The van der Waals surface area contributed by atoms with Gasteiger partial charge in [0.15, 0.2) is 0 Å². The minimum Gasteiger partial charge on any atom is -0.356 e. The summed E-state index contributed by atoms with van der Waals surface area (Å²) < 4.78 is 25.7. The second-order valence-corrected chi connectivity index (χ2v) is 12.0. The maximum absolute atomic E-state index is 12.1. The highest BCUT2D eigenvalue weighted by molar-refractivity contribution is 7.88. The Hall–Kier alpha value is -1.97. The average Bonchev–Trinajstić information content (AvgIpc) is 2.99. The number of piperazine rings is 1. The van der Waals surface area contributed by atoms with Gasteiger partial charge in [-0.1, -0.05) is 29.8 Å². The lowest BCUT2D eigenvalue weighted by Crippen LogP contribution is -2.49. The third kappa shape index (κ3) is 6.47. The summed E-state index contributed by atoms with van der Waals surface area (Å²) in [6.07, 6.45) is 7.94. The molecule has 1 fully saturated rings. The van der Waals surface area contributed by atoms with Gasteiger partial charge in [-0.05, 0) is 54.2 Å². The largest absolute Gasteiger partial charge is 0.356 e. The van der Waals surface area contributed by atoms with Gasteiger partial charge in [0.05, 0.1) is 18.0 Å². The van der Waals surface area contributed by atoms with Gasteiger partial charge in [-0.2, -0.15) is 4.31 Å². The highest BCUT2D eigenvalue weighted by Crippen LogP contribution is 2.41. The van der Waals surface area contributed by atoms with E-state index in [0.29, 0.717) is 56.5 Å². The molecule has 10 heteroatoms. The smallest absolute Gasteiger partial charge is 0.220 e. The first-order valence-electron chi connectivity index (χ1n) is 12.2. The molecule has 2 aliphatic rings. The number of hydrogen-bond donors (Lipinski definition) is 1. The van der Waals surface area contributed by atoms with Crippen LogP contribution in [0.25, 0.3) is 11.6 Å². The highest BCUT2D eigenvalue weighted by atomic mass is 35.5. The maximum Gasteiger partial charge on any atom is 0.220 e. The van der Waals surface area contributed by atoms with Crippen molar-refractivity contribution in [1.29, 1.82) is 0 Å². The first-order chi connectivity index (χ1) is 17.3. The molecular formula is C26H32Cl2N4O3S. The molecule has 1 aliphatic carbocycles. The lowest BCUT2D eigenvalue weighted by atomic mass is 9.95. The number of sulfonamides is 1. The Morgan fingerprint density at radius 1 is 1.17 bits per heavy atom. The van der Waals surface area contributed by atoms with Crippen molar-refractivity contribution in [2.24, 2.45) is 0 Å². The zero-order valence-corrected chi connectivity index (χ0v) is 22.7. The molecular weight excluding hydrogens is 519 g/mol. The second-order valence-electron chi connectivity index (χ2n) is 9.23. The zero-order chi connectivity index (χ0) is 25.7. The molecule has 36 heavy (non-hydrogen) atoms. The summed E-state index contributed by atoms with van der Waals surface area (Å²) in [4.78, 5) is 19.1. The summed E-state index contributed by atoms with van der Waals surface area (Å²) in [6.45, 7) is 2.71. The highest BCUT2D eigenvalue weighted by Gasteiger charge is 2.34. The molecule has 0 bridgehead atoms. The predicted molar refractivity (Wildman–Crippen MR) is 146 cm³/mol. The molecule has 1 saturated heterocycles. The molecule has 0 radical (unpaired) electrons. The molecule has 1 unspecified atom stereocenters. The molecule has 0 spiro atoms. The number of hydrogen-bond acceptors (Lipinski definition) is 5. The zero-order valence-electron chi connectivity index (χ0n) is 20.4. The van der Waals surface area contributed by atoms with Crippen LogP contribution in [0.4, 0.5) is 0 Å². The number of nitrogens with zero attached hydrogens (tertiary/aromatic N) is 3. The standard InChI is InChI=1S/C26H32Cl2N4O3S/c1-36(34,35)32-15-13-31(14-16-32)26-23-9-8-21(28)18-20(23)17-19(22-6-4-12-30-25(22)26)5-3-11-29-24(33)7-2-10-27/h4,6,8-9,12,17-18,26H,2-3,5,7,10-11,13-16H2,1H3,(H,29,33). The molecule has 2 heterocycles. The monoisotopic (exact) mass is 550 g/mol. The quantitative estimate of drug-likeness (QED) is 0.374. The summed E-state index contributed by atoms with van der Waals surface area (Å²) in [5, 5.41) is 3.64. The van der Waals surface area contributed by atoms with Crippen molar-refractivity contribution >= 4 is 50.8 Å². The van der Waals surface area contributed by atoms with Gasteiger partial charge in [-0.15, -0.1) is 11.6 Å². The normalized spacial score (nSPS) is 18.6. The van der Waals surface area contributed by atoms with Crippen LogP contribution in [0.2, 0.25) is 5.02 Å². The van der Waals surface area contributed by atoms with Gasteiger partial charge in [0.1, 0.15) is 0 Å². The molecule has 7 nitrogen and oxygen atoms in total. The van der Waals surface area contributed by atoms with Crippen LogP contribution < -0.4 is 5.32 Å². The number of rotatable bonds is 9. The van der Waals surface area contributed by atoms with E-state index in [1.54, 1.807) is 0 Å². The van der Waals surface area contributed by atoms with Crippen molar-refractivity contribution in [3.8, 4) is 0 Å². The summed E-state index contributed by atoms with van der Waals surface area (Å²) in [7, 11) is -3.22. The van der Waals surface area contributed by atoms with Crippen LogP contribution in [0.3, 0.4) is 0 Å². The Labute approximate surface area is 223 Å². The van der Waals surface area contributed by atoms with Crippen molar-refractivity contribution in [3.63, 3.8) is 0 Å². The van der Waals surface area contributed by atoms with Crippen molar-refractivity contribution in [3.05, 3.63) is 63.9 Å². The molecule has 2 aromatic rings. The van der Waals surface area contributed by atoms with E-state index in [9.17, 15) is 13.2 Å². The number of allylic oxidation sites excluding steroid dienone is 1. The molecule has 1 aromatic heterocycles. The maximum atomic E-state index is 12.1. The summed E-state index contributed by atoms with van der Waals surface area (Å²) in [5.74, 6) is 0.509. The van der Waals surface area contributed by atoms with Gasteiger partial charge in [0.25, 0.3) is 0 Å². The first-order valence-corrected chi connectivity index (χ1v) is 15.0. The van der Waals surface area contributed by atoms with Crippen LogP contribution >= 0.6 is 23.2 Å². The number of nitrogens with one attached hydrogen (secondary N) is 1. The molecule has 1 aromatic carbocycles.